The van der Waals surface area contributed by atoms with Crippen molar-refractivity contribution in [2.75, 3.05) is 19.0 Å². The van der Waals surface area contributed by atoms with Crippen LogP contribution in [0.4, 0.5) is 0 Å². The summed E-state index contributed by atoms with van der Waals surface area (Å²) in [6, 6.07) is 5.99. The molecule has 0 aromatic heterocycles. The number of ether oxygens (including phenoxy) is 2. The van der Waals surface area contributed by atoms with E-state index in [0.717, 1.165) is 23.7 Å². The normalized spacial score (nSPS) is 14.2. The summed E-state index contributed by atoms with van der Waals surface area (Å²) in [6.45, 7) is 1.30. The molecule has 1 aromatic rings. The van der Waals surface area contributed by atoms with Crippen molar-refractivity contribution in [3.8, 4) is 11.5 Å². The first-order chi connectivity index (χ1) is 6.42. The Labute approximate surface area is 83.3 Å². The second-order valence-electron chi connectivity index (χ2n) is 2.91. The first-order valence-electron chi connectivity index (χ1n) is 4.40. The highest BCUT2D eigenvalue weighted by Gasteiger charge is 2.14. The van der Waals surface area contributed by atoms with Crippen LogP contribution in [0.15, 0.2) is 18.2 Å². The first kappa shape index (κ1) is 8.75. The zero-order valence-corrected chi connectivity index (χ0v) is 8.22. The van der Waals surface area contributed by atoms with E-state index in [1.54, 1.807) is 0 Å². The minimum atomic E-state index is 0.649. The number of hydrogen-bond donors (Lipinski definition) is 1. The predicted molar refractivity (Wildman–Crippen MR) is 55.0 cm³/mol. The van der Waals surface area contributed by atoms with E-state index in [1.165, 1.54) is 5.56 Å². The molecule has 0 aliphatic carbocycles. The Kier molecular flexibility index (Phi) is 2.64. The minimum Gasteiger partial charge on any atom is -0.486 e. The molecule has 2 rings (SSSR count). The fraction of sp³-hybridized carbons (Fsp3) is 0.400. The van der Waals surface area contributed by atoms with Crippen molar-refractivity contribution >= 4 is 12.6 Å². The molecular weight excluding hydrogens is 184 g/mol. The molecule has 13 heavy (non-hydrogen) atoms. The Hall–Kier alpha value is -0.830. The van der Waals surface area contributed by atoms with Crippen LogP contribution in [0.1, 0.15) is 5.56 Å². The van der Waals surface area contributed by atoms with Crippen LogP contribution in [0.2, 0.25) is 0 Å². The molecule has 0 atom stereocenters. The van der Waals surface area contributed by atoms with E-state index in [1.807, 2.05) is 12.1 Å². The molecule has 0 fully saturated rings. The van der Waals surface area contributed by atoms with E-state index in [9.17, 15) is 0 Å². The molecule has 0 N–H and O–H groups in total. The average molecular weight is 196 g/mol. The number of para-hydroxylation sites is 1. The van der Waals surface area contributed by atoms with Gasteiger partial charge in [-0.25, -0.2) is 0 Å². The third-order valence-electron chi connectivity index (χ3n) is 2.03. The minimum absolute atomic E-state index is 0.649. The second kappa shape index (κ2) is 3.92. The van der Waals surface area contributed by atoms with Crippen molar-refractivity contribution in [2.45, 2.75) is 6.42 Å². The van der Waals surface area contributed by atoms with E-state index in [-0.39, 0.29) is 0 Å². The van der Waals surface area contributed by atoms with Crippen LogP contribution in [-0.4, -0.2) is 19.0 Å². The van der Waals surface area contributed by atoms with Gasteiger partial charge in [0.15, 0.2) is 11.5 Å². The van der Waals surface area contributed by atoms with E-state index in [2.05, 4.69) is 18.7 Å². The number of benzene rings is 1. The molecule has 0 unspecified atom stereocenters. The van der Waals surface area contributed by atoms with Gasteiger partial charge in [-0.05, 0) is 23.8 Å². The average Bonchev–Trinajstić information content (AvgIpc) is 2.19. The molecule has 1 aliphatic rings. The molecular formula is C10H12O2S. The van der Waals surface area contributed by atoms with Gasteiger partial charge >= 0.3 is 0 Å². The summed E-state index contributed by atoms with van der Waals surface area (Å²) in [5, 5.41) is 0. The van der Waals surface area contributed by atoms with Gasteiger partial charge in [0.1, 0.15) is 13.2 Å². The molecule has 0 saturated heterocycles. The van der Waals surface area contributed by atoms with Gasteiger partial charge < -0.3 is 9.47 Å². The highest BCUT2D eigenvalue weighted by atomic mass is 32.1. The SMILES string of the molecule is SCCc1cccc2c1OCCO2. The van der Waals surface area contributed by atoms with Crippen molar-refractivity contribution in [3.05, 3.63) is 23.8 Å². The number of fused-ring (bicyclic) bond motifs is 1. The predicted octanol–water partition coefficient (Wildman–Crippen LogP) is 1.93. The van der Waals surface area contributed by atoms with Crippen LogP contribution in [0.3, 0.4) is 0 Å². The molecule has 70 valence electrons. The van der Waals surface area contributed by atoms with Crippen molar-refractivity contribution < 1.29 is 9.47 Å². The van der Waals surface area contributed by atoms with Crippen molar-refractivity contribution in [1.29, 1.82) is 0 Å². The zero-order valence-electron chi connectivity index (χ0n) is 7.32. The van der Waals surface area contributed by atoms with Gasteiger partial charge in [0.25, 0.3) is 0 Å². The fourth-order valence-corrected chi connectivity index (χ4v) is 1.69. The summed E-state index contributed by atoms with van der Waals surface area (Å²) in [5.41, 5.74) is 1.19. The van der Waals surface area contributed by atoms with Crippen LogP contribution in [0.5, 0.6) is 11.5 Å². The van der Waals surface area contributed by atoms with Gasteiger partial charge in [0, 0.05) is 0 Å². The Bertz CT molecular complexity index is 299. The van der Waals surface area contributed by atoms with Crippen LogP contribution in [0.25, 0.3) is 0 Å². The molecule has 3 heteroatoms. The smallest absolute Gasteiger partial charge is 0.164 e. The van der Waals surface area contributed by atoms with Crippen molar-refractivity contribution in [2.24, 2.45) is 0 Å². The lowest BCUT2D eigenvalue weighted by molar-refractivity contribution is 0.170. The maximum absolute atomic E-state index is 5.55. The van der Waals surface area contributed by atoms with Crippen LogP contribution >= 0.6 is 12.6 Å². The van der Waals surface area contributed by atoms with Gasteiger partial charge in [0.05, 0.1) is 0 Å². The summed E-state index contributed by atoms with van der Waals surface area (Å²) < 4.78 is 11.0. The van der Waals surface area contributed by atoms with Gasteiger partial charge in [-0.15, -0.1) is 0 Å². The Balaban J connectivity index is 2.34. The highest BCUT2D eigenvalue weighted by Crippen LogP contribution is 2.33. The summed E-state index contributed by atoms with van der Waals surface area (Å²) in [6.07, 6.45) is 0.926. The summed E-state index contributed by atoms with van der Waals surface area (Å²) >= 11 is 4.20. The van der Waals surface area contributed by atoms with Crippen LogP contribution < -0.4 is 9.47 Å². The van der Waals surface area contributed by atoms with Crippen LogP contribution in [0, 0.1) is 0 Å². The number of rotatable bonds is 2. The van der Waals surface area contributed by atoms with E-state index >= 15 is 0 Å². The zero-order chi connectivity index (χ0) is 9.10. The molecule has 0 spiro atoms. The number of thiol groups is 1. The quantitative estimate of drug-likeness (QED) is 0.729. The second-order valence-corrected chi connectivity index (χ2v) is 3.36. The third kappa shape index (κ3) is 1.75. The van der Waals surface area contributed by atoms with Crippen molar-refractivity contribution in [3.63, 3.8) is 0 Å². The number of aryl methyl sites for hydroxylation is 1. The Morgan fingerprint density at radius 2 is 2.08 bits per heavy atom. The van der Waals surface area contributed by atoms with E-state index in [0.29, 0.717) is 13.2 Å². The molecule has 0 radical (unpaired) electrons. The van der Waals surface area contributed by atoms with Crippen LogP contribution in [-0.2, 0) is 6.42 Å². The fourth-order valence-electron chi connectivity index (χ4n) is 1.45. The molecule has 1 heterocycles. The lowest BCUT2D eigenvalue weighted by Crippen LogP contribution is -2.16. The lowest BCUT2D eigenvalue weighted by atomic mass is 10.1. The summed E-state index contributed by atoms with van der Waals surface area (Å²) in [4.78, 5) is 0. The molecule has 1 aromatic carbocycles. The molecule has 2 nitrogen and oxygen atoms in total. The van der Waals surface area contributed by atoms with Crippen molar-refractivity contribution in [1.82, 2.24) is 0 Å². The lowest BCUT2D eigenvalue weighted by Gasteiger charge is -2.20. The summed E-state index contributed by atoms with van der Waals surface area (Å²) in [5.74, 6) is 2.60. The number of hydrogen-bond acceptors (Lipinski definition) is 3. The van der Waals surface area contributed by atoms with Gasteiger partial charge in [-0.1, -0.05) is 12.1 Å². The topological polar surface area (TPSA) is 18.5 Å². The monoisotopic (exact) mass is 196 g/mol. The van der Waals surface area contributed by atoms with Gasteiger partial charge in [0.2, 0.25) is 0 Å². The molecule has 0 bridgehead atoms. The molecule has 1 aliphatic heterocycles. The maximum atomic E-state index is 5.55. The van der Waals surface area contributed by atoms with Gasteiger partial charge in [-0.2, -0.15) is 12.6 Å². The molecule has 0 saturated carbocycles. The van der Waals surface area contributed by atoms with E-state index in [4.69, 9.17) is 9.47 Å². The summed E-state index contributed by atoms with van der Waals surface area (Å²) in [7, 11) is 0. The van der Waals surface area contributed by atoms with Gasteiger partial charge in [-0.3, -0.25) is 0 Å². The molecule has 0 amide bonds. The highest BCUT2D eigenvalue weighted by molar-refractivity contribution is 7.80. The van der Waals surface area contributed by atoms with E-state index < -0.39 is 0 Å². The first-order valence-corrected chi connectivity index (χ1v) is 5.03. The third-order valence-corrected chi connectivity index (χ3v) is 2.25. The Morgan fingerprint density at radius 3 is 2.92 bits per heavy atom. The Morgan fingerprint density at radius 1 is 1.23 bits per heavy atom. The maximum Gasteiger partial charge on any atom is 0.164 e. The largest absolute Gasteiger partial charge is 0.486 e. The standard InChI is InChI=1S/C10H12O2S/c13-7-4-8-2-1-3-9-10(8)12-6-5-11-9/h1-3,13H,4-7H2.